The number of piperazine rings is 1. The minimum absolute atomic E-state index is 0.200. The van der Waals surface area contributed by atoms with E-state index < -0.39 is 17.1 Å². The number of carbonyl (C=O) groups excluding carboxylic acids is 1. The van der Waals surface area contributed by atoms with E-state index in [0.29, 0.717) is 37.1 Å². The van der Waals surface area contributed by atoms with Crippen molar-refractivity contribution in [3.05, 3.63) is 45.1 Å². The van der Waals surface area contributed by atoms with Crippen molar-refractivity contribution in [2.24, 2.45) is 5.41 Å². The lowest BCUT2D eigenvalue weighted by molar-refractivity contribution is -0.00294. The molecule has 2 aliphatic heterocycles. The zero-order chi connectivity index (χ0) is 23.9. The van der Waals surface area contributed by atoms with E-state index in [0.717, 1.165) is 51.6 Å². The van der Waals surface area contributed by atoms with E-state index in [1.165, 1.54) is 12.3 Å². The third kappa shape index (κ3) is 4.20. The Morgan fingerprint density at radius 2 is 2.03 bits per heavy atom. The van der Waals surface area contributed by atoms with Crippen LogP contribution in [0.4, 0.5) is 14.9 Å². The molecule has 4 heterocycles. The van der Waals surface area contributed by atoms with E-state index in [9.17, 15) is 18.8 Å². The molecule has 2 aromatic rings. The van der Waals surface area contributed by atoms with Crippen molar-refractivity contribution in [2.45, 2.75) is 32.2 Å². The number of carbonyl (C=O) groups is 1. The lowest BCUT2D eigenvalue weighted by Gasteiger charge is -2.48. The maximum Gasteiger partial charge on any atom is 0.409 e. The molecule has 1 aliphatic carbocycles. The number of H-pyrrole nitrogens is 2. The zero-order valence-corrected chi connectivity index (χ0v) is 19.2. The van der Waals surface area contributed by atoms with Gasteiger partial charge in [-0.2, -0.15) is 0 Å². The molecule has 1 spiro atoms. The minimum atomic E-state index is -0.600. The van der Waals surface area contributed by atoms with Gasteiger partial charge >= 0.3 is 11.8 Å². The predicted molar refractivity (Wildman–Crippen MR) is 123 cm³/mol. The van der Waals surface area contributed by atoms with Gasteiger partial charge in [0.2, 0.25) is 0 Å². The Morgan fingerprint density at radius 1 is 1.26 bits per heavy atom. The monoisotopic (exact) mass is 472 g/mol. The molecular weight excluding hydrogens is 443 g/mol. The van der Waals surface area contributed by atoms with Crippen LogP contribution < -0.4 is 16.1 Å². The summed E-state index contributed by atoms with van der Waals surface area (Å²) in [5.74, 6) is -0.476. The number of nitrogens with one attached hydrogen (secondary N) is 2. The van der Waals surface area contributed by atoms with Gasteiger partial charge in [-0.1, -0.05) is 0 Å². The van der Waals surface area contributed by atoms with Crippen LogP contribution in [0.5, 0.6) is 0 Å². The first-order valence-electron chi connectivity index (χ1n) is 11.8. The second-order valence-electron chi connectivity index (χ2n) is 9.48. The van der Waals surface area contributed by atoms with Crippen molar-refractivity contribution in [2.75, 3.05) is 50.8 Å². The average molecular weight is 473 g/mol. The summed E-state index contributed by atoms with van der Waals surface area (Å²) in [6, 6.07) is 1.87. The summed E-state index contributed by atoms with van der Waals surface area (Å²) in [7, 11) is 0. The molecule has 0 aromatic carbocycles. The van der Waals surface area contributed by atoms with Gasteiger partial charge in [0.05, 0.1) is 24.1 Å². The van der Waals surface area contributed by atoms with Crippen molar-refractivity contribution < 1.29 is 13.9 Å². The Morgan fingerprint density at radius 3 is 2.74 bits per heavy atom. The molecule has 0 radical (unpaired) electrons. The van der Waals surface area contributed by atoms with E-state index in [1.807, 2.05) is 11.8 Å². The van der Waals surface area contributed by atoms with E-state index >= 15 is 0 Å². The van der Waals surface area contributed by atoms with Gasteiger partial charge in [0.1, 0.15) is 11.5 Å². The van der Waals surface area contributed by atoms with Crippen molar-refractivity contribution >= 4 is 11.8 Å². The summed E-state index contributed by atoms with van der Waals surface area (Å²) >= 11 is 0. The van der Waals surface area contributed by atoms with Crippen LogP contribution in [0.15, 0.2) is 28.0 Å². The highest BCUT2D eigenvalue weighted by Gasteiger charge is 2.51. The second kappa shape index (κ2) is 8.86. The predicted octanol–water partition coefficient (Wildman–Crippen LogP) is 1.40. The normalized spacial score (nSPS) is 22.1. The van der Waals surface area contributed by atoms with Crippen LogP contribution >= 0.6 is 0 Å². The topological polar surface area (TPSA) is 115 Å². The Kier molecular flexibility index (Phi) is 5.88. The van der Waals surface area contributed by atoms with Gasteiger partial charge in [-0.15, -0.1) is 0 Å². The number of hydrogen-bond donors (Lipinski definition) is 2. The van der Waals surface area contributed by atoms with Crippen LogP contribution in [0.1, 0.15) is 26.2 Å². The quantitative estimate of drug-likeness (QED) is 0.691. The number of aromatic nitrogens is 3. The molecular formula is C23H29FN6O4. The summed E-state index contributed by atoms with van der Waals surface area (Å²) in [4.78, 5) is 50.8. The van der Waals surface area contributed by atoms with Gasteiger partial charge in [-0.25, -0.2) is 14.0 Å². The van der Waals surface area contributed by atoms with Crippen molar-refractivity contribution in [1.82, 2.24) is 24.8 Å². The number of likely N-dealkylation sites (tertiary alicyclic amines) is 1. The summed E-state index contributed by atoms with van der Waals surface area (Å²) in [6.07, 6.45) is 5.47. The number of hydrogen-bond acceptors (Lipinski definition) is 7. The van der Waals surface area contributed by atoms with Crippen LogP contribution in [0.25, 0.3) is 11.3 Å². The molecule has 10 nitrogen and oxygen atoms in total. The Hall–Kier alpha value is -3.21. The van der Waals surface area contributed by atoms with E-state index in [1.54, 1.807) is 4.90 Å². The zero-order valence-electron chi connectivity index (χ0n) is 19.2. The summed E-state index contributed by atoms with van der Waals surface area (Å²) in [5.41, 5.74) is 0.142. The molecule has 3 aliphatic rings. The van der Waals surface area contributed by atoms with E-state index in [4.69, 9.17) is 4.74 Å². The number of anilines is 1. The molecule has 34 heavy (non-hydrogen) atoms. The summed E-state index contributed by atoms with van der Waals surface area (Å²) in [5, 5.41) is 0. The molecule has 0 bridgehead atoms. The molecule has 2 aromatic heterocycles. The second-order valence-corrected chi connectivity index (χ2v) is 9.48. The highest BCUT2D eigenvalue weighted by molar-refractivity contribution is 5.74. The third-order valence-corrected chi connectivity index (χ3v) is 7.34. The van der Waals surface area contributed by atoms with Gasteiger partial charge in [0.25, 0.3) is 5.56 Å². The number of nitrogens with zero attached hydrogens (tertiary/aromatic N) is 4. The summed E-state index contributed by atoms with van der Waals surface area (Å²) in [6.45, 7) is 6.76. The number of pyridine rings is 1. The first-order valence-corrected chi connectivity index (χ1v) is 11.8. The lowest BCUT2D eigenvalue weighted by atomic mass is 9.78. The average Bonchev–Trinajstić information content (AvgIpc) is 3.25. The highest BCUT2D eigenvalue weighted by Crippen LogP contribution is 2.47. The van der Waals surface area contributed by atoms with Crippen LogP contribution in [0.2, 0.25) is 0 Å². The van der Waals surface area contributed by atoms with Crippen LogP contribution in [0, 0.1) is 11.2 Å². The number of aromatic amines is 2. The fraction of sp³-hybridized carbons (Fsp3) is 0.565. The van der Waals surface area contributed by atoms with Gasteiger partial charge in [0, 0.05) is 63.0 Å². The molecule has 5 rings (SSSR count). The number of amides is 1. The van der Waals surface area contributed by atoms with Gasteiger partial charge in [0.15, 0.2) is 0 Å². The van der Waals surface area contributed by atoms with E-state index in [2.05, 4.69) is 19.9 Å². The van der Waals surface area contributed by atoms with Crippen LogP contribution in [-0.4, -0.2) is 82.8 Å². The van der Waals surface area contributed by atoms with Gasteiger partial charge in [-0.05, 0) is 26.2 Å². The van der Waals surface area contributed by atoms with E-state index in [-0.39, 0.29) is 17.1 Å². The standard InChI is InChI=1S/C23H29FN6O4/c1-2-34-22(33)30-13-23(14-30)4-3-16(10-23)28-5-7-29(8-6-28)18-9-15(24)11-25-19(18)17-12-26-21(32)27-20(17)31/h9,11-12,16H,2-8,10,13-14H2,1H3,(H2,26,27,31,32)/t16-/m1/s1. The molecule has 3 fully saturated rings. The van der Waals surface area contributed by atoms with Gasteiger partial charge < -0.3 is 19.5 Å². The smallest absolute Gasteiger partial charge is 0.409 e. The fourth-order valence-electron chi connectivity index (χ4n) is 5.67. The Balaban J connectivity index is 1.24. The van der Waals surface area contributed by atoms with Crippen LogP contribution in [0.3, 0.4) is 0 Å². The molecule has 1 amide bonds. The number of rotatable bonds is 4. The molecule has 2 N–H and O–H groups in total. The van der Waals surface area contributed by atoms with Gasteiger partial charge in [-0.3, -0.25) is 19.7 Å². The number of ether oxygens (including phenoxy) is 1. The molecule has 1 saturated carbocycles. The first-order chi connectivity index (χ1) is 16.4. The fourth-order valence-corrected chi connectivity index (χ4v) is 5.67. The maximum absolute atomic E-state index is 14.1. The Bertz CT molecular complexity index is 1180. The Labute approximate surface area is 195 Å². The molecule has 1 atom stereocenters. The SMILES string of the molecule is CCOC(=O)N1CC2(CC[C@@H](N3CCN(c4cc(F)cnc4-c4c[nH]c(=O)[nH]c4=O)CC3)C2)C1. The minimum Gasteiger partial charge on any atom is -0.450 e. The number of halogens is 1. The summed E-state index contributed by atoms with van der Waals surface area (Å²) < 4.78 is 19.2. The third-order valence-electron chi connectivity index (χ3n) is 7.34. The first kappa shape index (κ1) is 22.6. The van der Waals surface area contributed by atoms with Crippen molar-refractivity contribution in [1.29, 1.82) is 0 Å². The highest BCUT2D eigenvalue weighted by atomic mass is 19.1. The molecule has 2 saturated heterocycles. The van der Waals surface area contributed by atoms with Crippen molar-refractivity contribution in [3.63, 3.8) is 0 Å². The van der Waals surface area contributed by atoms with Crippen molar-refractivity contribution in [3.8, 4) is 11.3 Å². The molecule has 11 heteroatoms. The largest absolute Gasteiger partial charge is 0.450 e. The molecule has 0 unspecified atom stereocenters. The molecule has 182 valence electrons. The lowest BCUT2D eigenvalue weighted by Crippen LogP contribution is -2.58. The maximum atomic E-state index is 14.1. The van der Waals surface area contributed by atoms with Crippen LogP contribution in [-0.2, 0) is 4.74 Å².